The fraction of sp³-hybridized carbons (Fsp3) is 0.500. The van der Waals surface area contributed by atoms with Gasteiger partial charge in [-0.2, -0.15) is 11.8 Å². The summed E-state index contributed by atoms with van der Waals surface area (Å²) in [4.78, 5) is 2.24. The zero-order valence-electron chi connectivity index (χ0n) is 9.66. The number of nitrogens with zero attached hydrogens (tertiary/aromatic N) is 1. The van der Waals surface area contributed by atoms with E-state index in [4.69, 9.17) is 5.11 Å². The predicted molar refractivity (Wildman–Crippen MR) is 68.8 cm³/mol. The molecule has 0 aliphatic rings. The van der Waals surface area contributed by atoms with Crippen molar-refractivity contribution in [1.82, 2.24) is 0 Å². The zero-order chi connectivity index (χ0) is 11.3. The largest absolute Gasteiger partial charge is 0.392 e. The van der Waals surface area contributed by atoms with Crippen molar-refractivity contribution in [3.63, 3.8) is 0 Å². The first-order valence-electron chi connectivity index (χ1n) is 5.09. The number of anilines is 1. The van der Waals surface area contributed by atoms with Crippen LogP contribution in [0.5, 0.6) is 0 Å². The minimum Gasteiger partial charge on any atom is -0.392 e. The van der Waals surface area contributed by atoms with Crippen LogP contribution in [0.4, 0.5) is 5.69 Å². The normalized spacial score (nSPS) is 10.4. The third-order valence-electron chi connectivity index (χ3n) is 2.57. The number of hydrogen-bond acceptors (Lipinski definition) is 3. The maximum atomic E-state index is 9.07. The van der Waals surface area contributed by atoms with E-state index in [-0.39, 0.29) is 6.61 Å². The smallest absolute Gasteiger partial charge is 0.0684 e. The molecule has 0 amide bonds. The van der Waals surface area contributed by atoms with Gasteiger partial charge < -0.3 is 10.0 Å². The minimum absolute atomic E-state index is 0.126. The molecular formula is C12H19NOS. The second-order valence-corrected chi connectivity index (χ2v) is 4.67. The molecule has 0 aliphatic carbocycles. The van der Waals surface area contributed by atoms with Gasteiger partial charge in [0.1, 0.15) is 0 Å². The van der Waals surface area contributed by atoms with Gasteiger partial charge in [0, 0.05) is 25.0 Å². The summed E-state index contributed by atoms with van der Waals surface area (Å²) in [5.41, 5.74) is 3.39. The van der Waals surface area contributed by atoms with Crippen LogP contribution in [0, 0.1) is 6.92 Å². The number of aryl methyl sites for hydroxylation is 1. The Bertz CT molecular complexity index is 314. The SMILES string of the molecule is CSCCN(C)c1ccc(CO)c(C)c1. The molecular weight excluding hydrogens is 206 g/mol. The first-order valence-corrected chi connectivity index (χ1v) is 6.49. The highest BCUT2D eigenvalue weighted by Crippen LogP contribution is 2.18. The highest BCUT2D eigenvalue weighted by atomic mass is 32.2. The van der Waals surface area contributed by atoms with Crippen LogP contribution >= 0.6 is 11.8 Å². The summed E-state index contributed by atoms with van der Waals surface area (Å²) in [7, 11) is 2.10. The molecule has 0 heterocycles. The van der Waals surface area contributed by atoms with E-state index in [1.807, 2.05) is 24.8 Å². The molecule has 0 atom stereocenters. The van der Waals surface area contributed by atoms with Gasteiger partial charge >= 0.3 is 0 Å². The van der Waals surface area contributed by atoms with Crippen molar-refractivity contribution < 1.29 is 5.11 Å². The summed E-state index contributed by atoms with van der Waals surface area (Å²) in [6, 6.07) is 6.20. The Morgan fingerprint density at radius 1 is 1.40 bits per heavy atom. The molecule has 1 N–H and O–H groups in total. The van der Waals surface area contributed by atoms with E-state index in [2.05, 4.69) is 30.3 Å². The van der Waals surface area contributed by atoms with Crippen molar-refractivity contribution in [1.29, 1.82) is 0 Å². The molecule has 1 aromatic carbocycles. The number of aliphatic hydroxyl groups is 1. The number of aliphatic hydroxyl groups excluding tert-OH is 1. The second kappa shape index (κ2) is 6.03. The van der Waals surface area contributed by atoms with Crippen LogP contribution in [0.15, 0.2) is 18.2 Å². The Balaban J connectivity index is 2.73. The lowest BCUT2D eigenvalue weighted by molar-refractivity contribution is 0.281. The van der Waals surface area contributed by atoms with E-state index in [1.165, 1.54) is 5.69 Å². The Hall–Kier alpha value is -0.670. The molecule has 0 bridgehead atoms. The first-order chi connectivity index (χ1) is 7.19. The minimum atomic E-state index is 0.126. The van der Waals surface area contributed by atoms with Gasteiger partial charge in [-0.1, -0.05) is 6.07 Å². The third kappa shape index (κ3) is 3.43. The van der Waals surface area contributed by atoms with Crippen LogP contribution in [-0.2, 0) is 6.61 Å². The van der Waals surface area contributed by atoms with Gasteiger partial charge in [0.2, 0.25) is 0 Å². The molecule has 3 heteroatoms. The van der Waals surface area contributed by atoms with E-state index in [0.717, 1.165) is 23.4 Å². The third-order valence-corrected chi connectivity index (χ3v) is 3.16. The number of thioether (sulfide) groups is 1. The summed E-state index contributed by atoms with van der Waals surface area (Å²) < 4.78 is 0. The second-order valence-electron chi connectivity index (χ2n) is 3.68. The molecule has 0 aromatic heterocycles. The highest BCUT2D eigenvalue weighted by Gasteiger charge is 2.03. The number of rotatable bonds is 5. The van der Waals surface area contributed by atoms with E-state index in [0.29, 0.717) is 0 Å². The van der Waals surface area contributed by atoms with E-state index in [1.54, 1.807) is 0 Å². The monoisotopic (exact) mass is 225 g/mol. The fourth-order valence-electron chi connectivity index (χ4n) is 1.45. The summed E-state index contributed by atoms with van der Waals surface area (Å²) >= 11 is 1.85. The van der Waals surface area contributed by atoms with Gasteiger partial charge in [-0.25, -0.2) is 0 Å². The van der Waals surface area contributed by atoms with Crippen molar-refractivity contribution in [3.05, 3.63) is 29.3 Å². The van der Waals surface area contributed by atoms with Crippen LogP contribution in [0.25, 0.3) is 0 Å². The maximum Gasteiger partial charge on any atom is 0.0684 e. The molecule has 0 fully saturated rings. The summed E-state index contributed by atoms with van der Waals surface area (Å²) in [6.45, 7) is 3.22. The van der Waals surface area contributed by atoms with Crippen LogP contribution in [0.2, 0.25) is 0 Å². The Morgan fingerprint density at radius 2 is 2.13 bits per heavy atom. The quantitative estimate of drug-likeness (QED) is 0.831. The molecule has 0 saturated heterocycles. The summed E-state index contributed by atoms with van der Waals surface area (Å²) in [5.74, 6) is 1.14. The van der Waals surface area contributed by atoms with Gasteiger partial charge in [0.05, 0.1) is 6.61 Å². The summed E-state index contributed by atoms with van der Waals surface area (Å²) in [6.07, 6.45) is 2.12. The van der Waals surface area contributed by atoms with Crippen LogP contribution < -0.4 is 4.90 Å². The molecule has 0 spiro atoms. The molecule has 0 unspecified atom stereocenters. The van der Waals surface area contributed by atoms with E-state index in [9.17, 15) is 0 Å². The molecule has 0 aliphatic heterocycles. The van der Waals surface area contributed by atoms with Gasteiger partial charge in [0.25, 0.3) is 0 Å². The van der Waals surface area contributed by atoms with Crippen molar-refractivity contribution in [3.8, 4) is 0 Å². The lowest BCUT2D eigenvalue weighted by Gasteiger charge is -2.19. The van der Waals surface area contributed by atoms with Crippen molar-refractivity contribution in [2.24, 2.45) is 0 Å². The maximum absolute atomic E-state index is 9.07. The van der Waals surface area contributed by atoms with Crippen LogP contribution in [0.3, 0.4) is 0 Å². The van der Waals surface area contributed by atoms with Crippen molar-refractivity contribution in [2.45, 2.75) is 13.5 Å². The molecule has 0 radical (unpaired) electrons. The van der Waals surface area contributed by atoms with E-state index >= 15 is 0 Å². The predicted octanol–water partition coefficient (Wildman–Crippen LogP) is 2.29. The topological polar surface area (TPSA) is 23.5 Å². The number of benzene rings is 1. The molecule has 84 valence electrons. The van der Waals surface area contributed by atoms with Gasteiger partial charge in [-0.15, -0.1) is 0 Å². The molecule has 1 rings (SSSR count). The molecule has 15 heavy (non-hydrogen) atoms. The van der Waals surface area contributed by atoms with E-state index < -0.39 is 0 Å². The van der Waals surface area contributed by atoms with Crippen LogP contribution in [-0.4, -0.2) is 30.7 Å². The Morgan fingerprint density at radius 3 is 2.67 bits per heavy atom. The lowest BCUT2D eigenvalue weighted by atomic mass is 10.1. The van der Waals surface area contributed by atoms with Crippen molar-refractivity contribution >= 4 is 17.4 Å². The lowest BCUT2D eigenvalue weighted by Crippen LogP contribution is -2.20. The van der Waals surface area contributed by atoms with Crippen molar-refractivity contribution in [2.75, 3.05) is 30.5 Å². The van der Waals surface area contributed by atoms with Gasteiger partial charge in [0.15, 0.2) is 0 Å². The highest BCUT2D eigenvalue weighted by molar-refractivity contribution is 7.98. The first kappa shape index (κ1) is 12.4. The van der Waals surface area contributed by atoms with Gasteiger partial charge in [-0.05, 0) is 36.4 Å². The van der Waals surface area contributed by atoms with Crippen LogP contribution in [0.1, 0.15) is 11.1 Å². The molecule has 2 nitrogen and oxygen atoms in total. The zero-order valence-corrected chi connectivity index (χ0v) is 10.5. The molecule has 0 saturated carbocycles. The summed E-state index contributed by atoms with van der Waals surface area (Å²) in [5, 5.41) is 9.07. The van der Waals surface area contributed by atoms with Gasteiger partial charge in [-0.3, -0.25) is 0 Å². The average Bonchev–Trinajstić information content (AvgIpc) is 2.25. The molecule has 1 aromatic rings. The Kier molecular flexibility index (Phi) is 4.99. The Labute approximate surface area is 96.3 Å². The fourth-order valence-corrected chi connectivity index (χ4v) is 1.91. The average molecular weight is 225 g/mol. The standard InChI is InChI=1S/C12H19NOS/c1-10-8-12(5-4-11(10)9-14)13(2)6-7-15-3/h4-5,8,14H,6-7,9H2,1-3H3. The number of hydrogen-bond donors (Lipinski definition) is 1.